The lowest BCUT2D eigenvalue weighted by Gasteiger charge is -2.28. The minimum Gasteiger partial charge on any atom is -0.462 e. The number of rotatable bonds is 4. The zero-order valence-corrected chi connectivity index (χ0v) is 8.38. The van der Waals surface area contributed by atoms with Crippen LogP contribution in [0.4, 0.5) is 30.7 Å². The van der Waals surface area contributed by atoms with Gasteiger partial charge in [-0.25, -0.2) is 4.79 Å². The van der Waals surface area contributed by atoms with Crippen LogP contribution in [0.15, 0.2) is 12.2 Å². The van der Waals surface area contributed by atoms with Gasteiger partial charge in [-0.05, 0) is 6.92 Å². The van der Waals surface area contributed by atoms with E-state index in [9.17, 15) is 35.5 Å². The molecule has 9 heteroatoms. The van der Waals surface area contributed by atoms with Crippen LogP contribution in [-0.4, -0.2) is 30.6 Å². The second kappa shape index (κ2) is 4.53. The fourth-order valence-corrected chi connectivity index (χ4v) is 0.714. The molecule has 0 aliphatic carbocycles. The molecule has 2 nitrogen and oxygen atoms in total. The normalized spacial score (nSPS) is 13.4. The van der Waals surface area contributed by atoms with E-state index < -0.39 is 36.2 Å². The lowest BCUT2D eigenvalue weighted by Crippen LogP contribution is -2.54. The van der Waals surface area contributed by atoms with Gasteiger partial charge in [-0.2, -0.15) is 30.7 Å². The Morgan fingerprint density at radius 1 is 1.12 bits per heavy atom. The smallest absolute Gasteiger partial charge is 0.460 e. The van der Waals surface area contributed by atoms with Gasteiger partial charge in [0.2, 0.25) is 0 Å². The molecule has 100 valence electrons. The first kappa shape index (κ1) is 15.7. The summed E-state index contributed by atoms with van der Waals surface area (Å²) in [6, 6.07) is 0. The molecule has 0 aromatic rings. The van der Waals surface area contributed by atoms with E-state index in [0.29, 0.717) is 0 Å². The summed E-state index contributed by atoms with van der Waals surface area (Å²) < 4.78 is 89.4. The van der Waals surface area contributed by atoms with Gasteiger partial charge in [0.25, 0.3) is 0 Å². The summed E-state index contributed by atoms with van der Waals surface area (Å²) >= 11 is 0. The molecule has 0 rings (SSSR count). The summed E-state index contributed by atoms with van der Waals surface area (Å²) in [5.41, 5.74) is -2.25. The second-order valence-electron chi connectivity index (χ2n) is 2.85. The highest BCUT2D eigenvalue weighted by Gasteiger charge is 2.74. The van der Waals surface area contributed by atoms with Gasteiger partial charge in [-0.3, -0.25) is 0 Å². The van der Waals surface area contributed by atoms with Crippen molar-refractivity contribution in [3.8, 4) is 0 Å². The molecule has 0 radical (unpaired) electrons. The highest BCUT2D eigenvalue weighted by Crippen LogP contribution is 2.49. The van der Waals surface area contributed by atoms with Crippen LogP contribution in [0.1, 0.15) is 6.92 Å². The lowest BCUT2D eigenvalue weighted by atomic mass is 10.0. The zero-order chi connectivity index (χ0) is 14.1. The first-order valence-electron chi connectivity index (χ1n) is 4.08. The average molecular weight is 268 g/mol. The van der Waals surface area contributed by atoms with Crippen molar-refractivity contribution in [3.63, 3.8) is 0 Å². The molecule has 0 atom stereocenters. The molecule has 0 saturated heterocycles. The molecule has 0 heterocycles. The molecule has 0 unspecified atom stereocenters. The van der Waals surface area contributed by atoms with Crippen molar-refractivity contribution in [2.24, 2.45) is 0 Å². The molecule has 0 bridgehead atoms. The topological polar surface area (TPSA) is 26.3 Å². The highest BCUT2D eigenvalue weighted by molar-refractivity contribution is 5.89. The minimum absolute atomic E-state index is 0.467. The summed E-state index contributed by atoms with van der Waals surface area (Å²) in [5, 5.41) is 0. The van der Waals surface area contributed by atoms with Crippen molar-refractivity contribution < 1.29 is 40.3 Å². The van der Waals surface area contributed by atoms with Crippen LogP contribution in [0, 0.1) is 0 Å². The Morgan fingerprint density at radius 2 is 1.53 bits per heavy atom. The molecule has 17 heavy (non-hydrogen) atoms. The molecule has 0 aliphatic rings. The third kappa shape index (κ3) is 2.70. The van der Waals surface area contributed by atoms with Crippen molar-refractivity contribution in [1.82, 2.24) is 0 Å². The Labute approximate surface area is 91.0 Å². The van der Waals surface area contributed by atoms with Crippen molar-refractivity contribution in [2.45, 2.75) is 24.9 Å². The number of halogens is 7. The third-order valence-corrected chi connectivity index (χ3v) is 1.65. The SMILES string of the molecule is C=C(C(=O)OCC)C(F)(F)C(F)(F)C(F)(F)F. The van der Waals surface area contributed by atoms with Crippen LogP contribution in [0.5, 0.6) is 0 Å². The highest BCUT2D eigenvalue weighted by atomic mass is 19.4. The zero-order valence-electron chi connectivity index (χ0n) is 8.38. The van der Waals surface area contributed by atoms with Crippen LogP contribution < -0.4 is 0 Å². The number of esters is 1. The van der Waals surface area contributed by atoms with Crippen LogP contribution in [-0.2, 0) is 9.53 Å². The quantitative estimate of drug-likeness (QED) is 0.445. The van der Waals surface area contributed by atoms with Gasteiger partial charge in [0.15, 0.2) is 0 Å². The summed E-state index contributed by atoms with van der Waals surface area (Å²) in [5.74, 6) is -14.2. The molecule has 0 fully saturated rings. The summed E-state index contributed by atoms with van der Waals surface area (Å²) in [6.45, 7) is 2.91. The first-order valence-corrected chi connectivity index (χ1v) is 4.08. The Bertz CT molecular complexity index is 318. The third-order valence-electron chi connectivity index (χ3n) is 1.65. The van der Waals surface area contributed by atoms with E-state index in [2.05, 4.69) is 11.3 Å². The maximum Gasteiger partial charge on any atom is 0.460 e. The molecule has 0 amide bonds. The number of alkyl halides is 7. The number of carbonyl (C=O) groups is 1. The molecule has 0 aliphatic heterocycles. The maximum atomic E-state index is 12.8. The largest absolute Gasteiger partial charge is 0.462 e. The standard InChI is InChI=1S/C8H7F7O2/c1-3-17-5(16)4(2)6(9,10)7(11,12)8(13,14)15/h2-3H2,1H3. The Morgan fingerprint density at radius 3 is 1.82 bits per heavy atom. The van der Waals surface area contributed by atoms with Crippen LogP contribution in [0.3, 0.4) is 0 Å². The fourth-order valence-electron chi connectivity index (χ4n) is 0.714. The Kier molecular flexibility index (Phi) is 4.19. The summed E-state index contributed by atoms with van der Waals surface area (Å²) in [6.07, 6.45) is -6.51. The van der Waals surface area contributed by atoms with Gasteiger partial charge in [-0.15, -0.1) is 0 Å². The fraction of sp³-hybridized carbons (Fsp3) is 0.625. The van der Waals surface area contributed by atoms with E-state index in [1.165, 1.54) is 0 Å². The molecule has 0 aromatic heterocycles. The van der Waals surface area contributed by atoms with E-state index >= 15 is 0 Å². The van der Waals surface area contributed by atoms with Gasteiger partial charge in [-0.1, -0.05) is 6.58 Å². The monoisotopic (exact) mass is 268 g/mol. The van der Waals surface area contributed by atoms with Crippen molar-refractivity contribution in [2.75, 3.05) is 6.61 Å². The van der Waals surface area contributed by atoms with E-state index in [1.54, 1.807) is 0 Å². The molecule has 0 N–H and O–H groups in total. The molecule has 0 spiro atoms. The van der Waals surface area contributed by atoms with Gasteiger partial charge in [0, 0.05) is 0 Å². The van der Waals surface area contributed by atoms with E-state index in [0.717, 1.165) is 6.92 Å². The number of hydrogen-bond acceptors (Lipinski definition) is 2. The van der Waals surface area contributed by atoms with Crippen LogP contribution in [0.2, 0.25) is 0 Å². The van der Waals surface area contributed by atoms with Crippen molar-refractivity contribution in [3.05, 3.63) is 12.2 Å². The van der Waals surface area contributed by atoms with Gasteiger partial charge >= 0.3 is 24.0 Å². The van der Waals surface area contributed by atoms with E-state index in [1.807, 2.05) is 0 Å². The molecular formula is C8H7F7O2. The lowest BCUT2D eigenvalue weighted by molar-refractivity contribution is -0.344. The van der Waals surface area contributed by atoms with Crippen molar-refractivity contribution >= 4 is 5.97 Å². The van der Waals surface area contributed by atoms with Crippen molar-refractivity contribution in [1.29, 1.82) is 0 Å². The molecule has 0 saturated carbocycles. The minimum atomic E-state index is -6.51. The van der Waals surface area contributed by atoms with Gasteiger partial charge < -0.3 is 4.74 Å². The van der Waals surface area contributed by atoms with Crippen LogP contribution in [0.25, 0.3) is 0 Å². The predicted molar refractivity (Wildman–Crippen MR) is 41.7 cm³/mol. The number of carbonyl (C=O) groups excluding carboxylic acids is 1. The summed E-state index contributed by atoms with van der Waals surface area (Å²) in [4.78, 5) is 10.7. The average Bonchev–Trinajstić information content (AvgIpc) is 2.14. The van der Waals surface area contributed by atoms with E-state index in [-0.39, 0.29) is 0 Å². The predicted octanol–water partition coefficient (Wildman–Crippen LogP) is 2.94. The van der Waals surface area contributed by atoms with E-state index in [4.69, 9.17) is 0 Å². The van der Waals surface area contributed by atoms with Gasteiger partial charge in [0.1, 0.15) is 5.57 Å². The Balaban J connectivity index is 5.27. The number of ether oxygens (including phenoxy) is 1. The second-order valence-corrected chi connectivity index (χ2v) is 2.85. The van der Waals surface area contributed by atoms with Gasteiger partial charge in [0.05, 0.1) is 6.61 Å². The molecule has 0 aromatic carbocycles. The molecular weight excluding hydrogens is 261 g/mol. The summed E-state index contributed by atoms with van der Waals surface area (Å²) in [7, 11) is 0. The maximum absolute atomic E-state index is 12.8. The number of hydrogen-bond donors (Lipinski definition) is 0. The van der Waals surface area contributed by atoms with Crippen LogP contribution >= 0.6 is 0 Å². The first-order chi connectivity index (χ1) is 7.39. The Hall–Kier alpha value is -1.28.